The molecule has 0 spiro atoms. The van der Waals surface area contributed by atoms with E-state index in [9.17, 15) is 9.59 Å². The number of carboxylic acid groups (broad SMARTS) is 2. The Balaban J connectivity index is 0.000000470. The number of benzene rings is 2. The Hall–Kier alpha value is -2.82. The van der Waals surface area contributed by atoms with Crippen molar-refractivity contribution in [2.24, 2.45) is 0 Å². The van der Waals surface area contributed by atoms with E-state index in [1.165, 1.54) is 0 Å². The number of hydrogen-bond donors (Lipinski definition) is 4. The standard InChI is InChI=1S/C8H18O5.2C8H8O2/c9-1-3-11-5-7-13-8-6-12-4-2-10;2*1-6-4-2-3-5-7(6)8(9)10/h9-10H,1-8H2;2*2-5H,1H3,(H,9,10). The van der Waals surface area contributed by atoms with Crippen LogP contribution in [0.2, 0.25) is 0 Å². The zero-order valence-corrected chi connectivity index (χ0v) is 19.1. The third-order valence-electron chi connectivity index (χ3n) is 3.97. The van der Waals surface area contributed by atoms with Gasteiger partial charge in [0.25, 0.3) is 0 Å². The fourth-order valence-electron chi connectivity index (χ4n) is 2.30. The zero-order valence-electron chi connectivity index (χ0n) is 19.1. The predicted molar refractivity (Wildman–Crippen MR) is 123 cm³/mol. The zero-order chi connectivity index (χ0) is 24.9. The van der Waals surface area contributed by atoms with Gasteiger partial charge in [-0.2, -0.15) is 0 Å². The first-order valence-corrected chi connectivity index (χ1v) is 10.4. The highest BCUT2D eigenvalue weighted by molar-refractivity contribution is 5.89. The molecule has 0 aliphatic heterocycles. The topological polar surface area (TPSA) is 143 Å². The third kappa shape index (κ3) is 15.6. The van der Waals surface area contributed by atoms with Gasteiger partial charge in [-0.05, 0) is 37.1 Å². The van der Waals surface area contributed by atoms with Crippen molar-refractivity contribution in [3.63, 3.8) is 0 Å². The lowest BCUT2D eigenvalue weighted by Crippen LogP contribution is -2.11. The Morgan fingerprint density at radius 1 is 0.606 bits per heavy atom. The van der Waals surface area contributed by atoms with Crippen molar-refractivity contribution in [3.05, 3.63) is 70.8 Å². The number of carboxylic acids is 2. The van der Waals surface area contributed by atoms with E-state index < -0.39 is 11.9 Å². The summed E-state index contributed by atoms with van der Waals surface area (Å²) >= 11 is 0. The molecule has 0 fully saturated rings. The average Bonchev–Trinajstić information content (AvgIpc) is 2.79. The molecule has 0 saturated heterocycles. The molecule has 0 aliphatic rings. The Morgan fingerprint density at radius 2 is 0.909 bits per heavy atom. The van der Waals surface area contributed by atoms with Gasteiger partial charge in [0.1, 0.15) is 0 Å². The monoisotopic (exact) mass is 466 g/mol. The summed E-state index contributed by atoms with van der Waals surface area (Å²) in [6, 6.07) is 13.8. The molecule has 184 valence electrons. The number of aliphatic hydroxyl groups is 2. The molecule has 0 unspecified atom stereocenters. The molecule has 0 aliphatic carbocycles. The molecule has 0 radical (unpaired) electrons. The number of aryl methyl sites for hydroxylation is 2. The maximum atomic E-state index is 10.4. The summed E-state index contributed by atoms with van der Waals surface area (Å²) < 4.78 is 15.0. The summed E-state index contributed by atoms with van der Waals surface area (Å²) in [7, 11) is 0. The highest BCUT2D eigenvalue weighted by Gasteiger charge is 2.03. The van der Waals surface area contributed by atoms with Crippen LogP contribution in [0.1, 0.15) is 31.8 Å². The summed E-state index contributed by atoms with van der Waals surface area (Å²) in [6.07, 6.45) is 0. The fourth-order valence-corrected chi connectivity index (χ4v) is 2.30. The Kier molecular flexibility index (Phi) is 18.1. The lowest BCUT2D eigenvalue weighted by Gasteiger charge is -2.04. The van der Waals surface area contributed by atoms with Crippen molar-refractivity contribution in [3.8, 4) is 0 Å². The Bertz CT molecular complexity index is 728. The van der Waals surface area contributed by atoms with Crippen LogP contribution in [-0.2, 0) is 14.2 Å². The van der Waals surface area contributed by atoms with Crippen molar-refractivity contribution in [2.75, 3.05) is 52.9 Å². The van der Waals surface area contributed by atoms with Crippen LogP contribution in [0.3, 0.4) is 0 Å². The van der Waals surface area contributed by atoms with Gasteiger partial charge in [-0.15, -0.1) is 0 Å². The van der Waals surface area contributed by atoms with Crippen molar-refractivity contribution in [1.82, 2.24) is 0 Å². The molecular weight excluding hydrogens is 432 g/mol. The van der Waals surface area contributed by atoms with Crippen LogP contribution in [-0.4, -0.2) is 85.2 Å². The molecule has 2 aromatic rings. The second-order valence-corrected chi connectivity index (χ2v) is 6.52. The van der Waals surface area contributed by atoms with Crippen molar-refractivity contribution < 1.29 is 44.2 Å². The minimum absolute atomic E-state index is 0.0413. The van der Waals surface area contributed by atoms with Crippen LogP contribution in [0, 0.1) is 13.8 Å². The fraction of sp³-hybridized carbons (Fsp3) is 0.417. The van der Waals surface area contributed by atoms with Gasteiger partial charge in [0.15, 0.2) is 0 Å². The maximum Gasteiger partial charge on any atom is 0.335 e. The molecule has 0 heterocycles. The summed E-state index contributed by atoms with van der Waals surface area (Å²) in [5.74, 6) is -1.73. The van der Waals surface area contributed by atoms with Crippen molar-refractivity contribution >= 4 is 11.9 Å². The number of aromatic carboxylic acids is 2. The first-order chi connectivity index (χ1) is 15.8. The van der Waals surface area contributed by atoms with Gasteiger partial charge in [0.2, 0.25) is 0 Å². The molecule has 0 saturated carbocycles. The molecule has 0 aromatic heterocycles. The normalized spacial score (nSPS) is 9.82. The van der Waals surface area contributed by atoms with E-state index in [2.05, 4.69) is 0 Å². The van der Waals surface area contributed by atoms with Gasteiger partial charge >= 0.3 is 11.9 Å². The van der Waals surface area contributed by atoms with Crippen LogP contribution in [0.4, 0.5) is 0 Å². The molecule has 9 heteroatoms. The highest BCUT2D eigenvalue weighted by atomic mass is 16.5. The number of ether oxygens (including phenoxy) is 3. The quantitative estimate of drug-likeness (QED) is 0.347. The predicted octanol–water partition coefficient (Wildman–Crippen LogP) is 2.41. The number of aliphatic hydroxyl groups excluding tert-OH is 2. The van der Waals surface area contributed by atoms with Gasteiger partial charge in [-0.1, -0.05) is 36.4 Å². The summed E-state index contributed by atoms with van der Waals surface area (Å²) in [4.78, 5) is 20.8. The molecule has 9 nitrogen and oxygen atoms in total. The molecule has 2 rings (SSSR count). The van der Waals surface area contributed by atoms with E-state index in [0.717, 1.165) is 11.1 Å². The first-order valence-electron chi connectivity index (χ1n) is 10.4. The Morgan fingerprint density at radius 3 is 1.15 bits per heavy atom. The number of carbonyl (C=O) groups is 2. The van der Waals surface area contributed by atoms with Crippen LogP contribution in [0.15, 0.2) is 48.5 Å². The van der Waals surface area contributed by atoms with E-state index in [4.69, 9.17) is 34.6 Å². The molecule has 0 atom stereocenters. The van der Waals surface area contributed by atoms with Crippen molar-refractivity contribution in [1.29, 1.82) is 0 Å². The van der Waals surface area contributed by atoms with Crippen LogP contribution in [0.5, 0.6) is 0 Å². The van der Waals surface area contributed by atoms with Crippen LogP contribution in [0.25, 0.3) is 0 Å². The molecule has 0 bridgehead atoms. The second-order valence-electron chi connectivity index (χ2n) is 6.52. The van der Waals surface area contributed by atoms with E-state index in [0.29, 0.717) is 50.8 Å². The highest BCUT2D eigenvalue weighted by Crippen LogP contribution is 2.06. The lowest BCUT2D eigenvalue weighted by atomic mass is 10.1. The van der Waals surface area contributed by atoms with E-state index >= 15 is 0 Å². The molecular formula is C24H34O9. The summed E-state index contributed by atoms with van der Waals surface area (Å²) in [6.45, 7) is 6.33. The smallest absolute Gasteiger partial charge is 0.335 e. The summed E-state index contributed by atoms with van der Waals surface area (Å²) in [5.41, 5.74) is 2.36. The minimum Gasteiger partial charge on any atom is -0.478 e. The van der Waals surface area contributed by atoms with Gasteiger partial charge in [-0.3, -0.25) is 0 Å². The van der Waals surface area contributed by atoms with E-state index in [1.54, 1.807) is 50.2 Å². The molecule has 4 N–H and O–H groups in total. The van der Waals surface area contributed by atoms with Gasteiger partial charge in [0.05, 0.1) is 64.0 Å². The van der Waals surface area contributed by atoms with Gasteiger partial charge in [-0.25, -0.2) is 9.59 Å². The van der Waals surface area contributed by atoms with Gasteiger partial charge in [0, 0.05) is 0 Å². The first kappa shape index (κ1) is 30.2. The maximum absolute atomic E-state index is 10.4. The van der Waals surface area contributed by atoms with Crippen molar-refractivity contribution in [2.45, 2.75) is 13.8 Å². The SMILES string of the molecule is Cc1ccccc1C(=O)O.Cc1ccccc1C(=O)O.OCCOCCOCCOCCO. The molecule has 2 aromatic carbocycles. The average molecular weight is 467 g/mol. The van der Waals surface area contributed by atoms with Crippen LogP contribution < -0.4 is 0 Å². The largest absolute Gasteiger partial charge is 0.478 e. The second kappa shape index (κ2) is 19.8. The molecule has 33 heavy (non-hydrogen) atoms. The minimum atomic E-state index is -0.863. The molecule has 0 amide bonds. The number of rotatable bonds is 12. The van der Waals surface area contributed by atoms with Crippen LogP contribution >= 0.6 is 0 Å². The Labute approximate surface area is 194 Å². The lowest BCUT2D eigenvalue weighted by molar-refractivity contribution is 0.00230. The number of hydrogen-bond acceptors (Lipinski definition) is 7. The van der Waals surface area contributed by atoms with E-state index in [1.807, 2.05) is 12.1 Å². The van der Waals surface area contributed by atoms with Gasteiger partial charge < -0.3 is 34.6 Å². The third-order valence-corrected chi connectivity index (χ3v) is 3.97. The summed E-state index contributed by atoms with van der Waals surface area (Å²) in [5, 5.41) is 33.8. The van der Waals surface area contributed by atoms with E-state index in [-0.39, 0.29) is 13.2 Å².